The van der Waals surface area contributed by atoms with Crippen LogP contribution in [-0.4, -0.2) is 39.5 Å². The summed E-state index contributed by atoms with van der Waals surface area (Å²) in [6.07, 6.45) is -2.64. The van der Waals surface area contributed by atoms with Crippen molar-refractivity contribution >= 4 is 32.0 Å². The van der Waals surface area contributed by atoms with Gasteiger partial charge in [-0.05, 0) is 0 Å². The monoisotopic (exact) mass is 346 g/mol. The second kappa shape index (κ2) is 7.56. The quantitative estimate of drug-likeness (QED) is 0.256. The lowest BCUT2D eigenvalue weighted by Gasteiger charge is -2.05. The molecule has 1 rings (SSSR count). The maximum Gasteiger partial charge on any atom is 0.306 e. The number of nitrogens with two attached hydrogens (primary N) is 1. The van der Waals surface area contributed by atoms with Crippen molar-refractivity contribution in [3.8, 4) is 0 Å². The molecule has 0 saturated carbocycles. The van der Waals surface area contributed by atoms with Crippen LogP contribution in [0.15, 0.2) is 10.3 Å². The van der Waals surface area contributed by atoms with E-state index in [1.165, 1.54) is 0 Å². The summed E-state index contributed by atoms with van der Waals surface area (Å²) in [7, 11) is -4.01. The second-order valence-corrected chi connectivity index (χ2v) is 6.59. The van der Waals surface area contributed by atoms with Crippen molar-refractivity contribution in [2.75, 3.05) is 25.2 Å². The maximum atomic E-state index is 11.8. The van der Waals surface area contributed by atoms with E-state index in [4.69, 9.17) is 5.84 Å². The van der Waals surface area contributed by atoms with Crippen molar-refractivity contribution in [3.63, 3.8) is 0 Å². The Morgan fingerprint density at radius 1 is 1.52 bits per heavy atom. The fraction of sp³-hybridized carbons (Fsp3) is 0.500. The number of nitro groups is 1. The number of anilines is 1. The van der Waals surface area contributed by atoms with Gasteiger partial charge >= 0.3 is 5.69 Å². The molecule has 0 bridgehead atoms. The zero-order valence-electron chi connectivity index (χ0n) is 10.4. The molecule has 0 fully saturated rings. The van der Waals surface area contributed by atoms with Gasteiger partial charge in [0.15, 0.2) is 5.00 Å². The molecule has 13 heteroatoms. The van der Waals surface area contributed by atoms with E-state index in [1.807, 2.05) is 5.43 Å². The number of alkyl halides is 2. The predicted octanol–water partition coefficient (Wildman–Crippen LogP) is 0.502. The highest BCUT2D eigenvalue weighted by atomic mass is 32.2. The summed E-state index contributed by atoms with van der Waals surface area (Å²) in [6, 6.07) is 0.849. The zero-order chi connectivity index (χ0) is 16.0. The van der Waals surface area contributed by atoms with Crippen LogP contribution in [-0.2, 0) is 14.8 Å². The number of sulfonamides is 1. The maximum absolute atomic E-state index is 11.8. The van der Waals surface area contributed by atoms with Crippen molar-refractivity contribution in [2.45, 2.75) is 10.6 Å². The molecule has 1 aromatic rings. The minimum absolute atomic E-state index is 0.116. The molecule has 0 saturated heterocycles. The molecule has 0 aromatic carbocycles. The first kappa shape index (κ1) is 17.6. The Labute approximate surface area is 122 Å². The fourth-order valence-corrected chi connectivity index (χ4v) is 3.52. The van der Waals surface area contributed by atoms with Crippen molar-refractivity contribution in [1.29, 1.82) is 0 Å². The summed E-state index contributed by atoms with van der Waals surface area (Å²) in [5, 5.41) is 10.6. The van der Waals surface area contributed by atoms with Gasteiger partial charge in [-0.3, -0.25) is 10.1 Å². The van der Waals surface area contributed by atoms with E-state index in [-0.39, 0.29) is 22.4 Å². The first-order chi connectivity index (χ1) is 9.77. The van der Waals surface area contributed by atoms with Crippen LogP contribution in [0.3, 0.4) is 0 Å². The first-order valence-electron chi connectivity index (χ1n) is 5.38. The second-order valence-electron chi connectivity index (χ2n) is 3.55. The summed E-state index contributed by atoms with van der Waals surface area (Å²) >= 11 is 0.574. The van der Waals surface area contributed by atoms with Crippen LogP contribution in [0.25, 0.3) is 0 Å². The van der Waals surface area contributed by atoms with E-state index in [9.17, 15) is 27.3 Å². The van der Waals surface area contributed by atoms with Crippen LogP contribution in [0.2, 0.25) is 0 Å². The van der Waals surface area contributed by atoms with Crippen molar-refractivity contribution in [2.24, 2.45) is 5.84 Å². The van der Waals surface area contributed by atoms with E-state index in [2.05, 4.69) is 9.46 Å². The highest BCUT2D eigenvalue weighted by Crippen LogP contribution is 2.36. The molecule has 0 atom stereocenters. The molecule has 1 aromatic heterocycles. The predicted molar refractivity (Wildman–Crippen MR) is 70.8 cm³/mol. The number of thiophene rings is 1. The lowest BCUT2D eigenvalue weighted by atomic mass is 10.5. The Balaban J connectivity index is 2.68. The van der Waals surface area contributed by atoms with Gasteiger partial charge in [-0.2, -0.15) is 0 Å². The standard InChI is InChI=1S/C8H12F2N4O5S2/c9-6(10)4-19-2-1-12-21(17,18)7-3-5(14(15)16)8(13-11)20-7/h3,6,12-13H,1-2,4,11H2. The van der Waals surface area contributed by atoms with Crippen LogP contribution >= 0.6 is 11.3 Å². The number of hydrazine groups is 1. The van der Waals surface area contributed by atoms with Gasteiger partial charge in [0.25, 0.3) is 6.43 Å². The average molecular weight is 346 g/mol. The highest BCUT2D eigenvalue weighted by Gasteiger charge is 2.25. The van der Waals surface area contributed by atoms with Gasteiger partial charge in [0.1, 0.15) is 10.8 Å². The fourth-order valence-electron chi connectivity index (χ4n) is 1.22. The number of hydrogen-bond donors (Lipinski definition) is 3. The molecule has 0 radical (unpaired) electrons. The van der Waals surface area contributed by atoms with Crippen LogP contribution < -0.4 is 16.0 Å². The Kier molecular flexibility index (Phi) is 6.35. The van der Waals surface area contributed by atoms with Gasteiger partial charge in [0.2, 0.25) is 10.0 Å². The van der Waals surface area contributed by atoms with Crippen LogP contribution in [0.4, 0.5) is 19.5 Å². The van der Waals surface area contributed by atoms with Crippen molar-refractivity contribution < 1.29 is 26.9 Å². The smallest absolute Gasteiger partial charge is 0.306 e. The lowest BCUT2D eigenvalue weighted by molar-refractivity contribution is -0.383. The van der Waals surface area contributed by atoms with Gasteiger partial charge in [-0.1, -0.05) is 11.3 Å². The summed E-state index contributed by atoms with van der Waals surface area (Å²) in [5.41, 5.74) is 1.56. The Bertz CT molecular complexity index is 591. The Morgan fingerprint density at radius 2 is 2.19 bits per heavy atom. The van der Waals surface area contributed by atoms with Gasteiger partial charge in [0, 0.05) is 12.6 Å². The average Bonchev–Trinajstić information content (AvgIpc) is 2.82. The number of nitrogen functional groups attached to an aromatic ring is 1. The van der Waals surface area contributed by atoms with E-state index in [0.29, 0.717) is 11.3 Å². The first-order valence-corrected chi connectivity index (χ1v) is 7.68. The third kappa shape index (κ3) is 5.13. The van der Waals surface area contributed by atoms with Crippen molar-refractivity contribution in [1.82, 2.24) is 4.72 Å². The number of nitrogens with one attached hydrogen (secondary N) is 2. The summed E-state index contributed by atoms with van der Waals surface area (Å²) in [4.78, 5) is 9.91. The highest BCUT2D eigenvalue weighted by molar-refractivity contribution is 7.91. The zero-order valence-corrected chi connectivity index (χ0v) is 12.0. The third-order valence-electron chi connectivity index (χ3n) is 2.06. The minimum Gasteiger partial charge on any atom is -0.374 e. The normalized spacial score (nSPS) is 11.8. The van der Waals surface area contributed by atoms with Gasteiger partial charge < -0.3 is 10.2 Å². The largest absolute Gasteiger partial charge is 0.374 e. The summed E-state index contributed by atoms with van der Waals surface area (Å²) in [6.45, 7) is -1.29. The minimum atomic E-state index is -4.01. The van der Waals surface area contributed by atoms with Gasteiger partial charge in [-0.25, -0.2) is 27.8 Å². The molecule has 4 N–H and O–H groups in total. The molecule has 1 heterocycles. The number of ether oxygens (including phenoxy) is 1. The Hall–Kier alpha value is -1.41. The molecule has 0 unspecified atom stereocenters. The number of rotatable bonds is 9. The molecule has 21 heavy (non-hydrogen) atoms. The lowest BCUT2D eigenvalue weighted by Crippen LogP contribution is -2.27. The summed E-state index contributed by atoms with van der Waals surface area (Å²) in [5.74, 6) is 5.06. The molecular weight excluding hydrogens is 334 g/mol. The van der Waals surface area contributed by atoms with Crippen LogP contribution in [0.1, 0.15) is 0 Å². The van der Waals surface area contributed by atoms with E-state index in [1.54, 1.807) is 0 Å². The number of halogens is 2. The van der Waals surface area contributed by atoms with E-state index < -0.39 is 33.7 Å². The van der Waals surface area contributed by atoms with E-state index >= 15 is 0 Å². The van der Waals surface area contributed by atoms with Crippen LogP contribution in [0, 0.1) is 10.1 Å². The molecule has 9 nitrogen and oxygen atoms in total. The van der Waals surface area contributed by atoms with Gasteiger partial charge in [-0.15, -0.1) is 0 Å². The SMILES string of the molecule is NNc1sc(S(=O)(=O)NCCOCC(F)F)cc1[N+](=O)[O-]. The number of nitrogens with zero attached hydrogens (tertiary/aromatic N) is 1. The summed E-state index contributed by atoms with van der Waals surface area (Å²) < 4.78 is 53.5. The molecule has 0 spiro atoms. The molecule has 0 amide bonds. The van der Waals surface area contributed by atoms with Crippen molar-refractivity contribution in [3.05, 3.63) is 16.2 Å². The third-order valence-corrected chi connectivity index (χ3v) is 5.05. The Morgan fingerprint density at radius 3 is 2.67 bits per heavy atom. The molecular formula is C8H12F2N4O5S2. The van der Waals surface area contributed by atoms with Gasteiger partial charge in [0.05, 0.1) is 11.5 Å². The molecule has 0 aliphatic rings. The molecule has 120 valence electrons. The van der Waals surface area contributed by atoms with Crippen LogP contribution in [0.5, 0.6) is 0 Å². The van der Waals surface area contributed by atoms with E-state index in [0.717, 1.165) is 6.07 Å². The number of hydrogen-bond acceptors (Lipinski definition) is 8. The molecule has 0 aliphatic heterocycles. The molecule has 0 aliphatic carbocycles. The topological polar surface area (TPSA) is 137 Å².